The first-order valence-corrected chi connectivity index (χ1v) is 3.57. The standard InChI is InChI=1S/C6H9BF3O2.K/c1-5(7(8,9)10)2-12-6-3-11-4-6;/h6H,1-4H2;/q-1;+1. The number of rotatable bonds is 4. The molecule has 1 saturated heterocycles. The molecule has 7 heteroatoms. The predicted octanol–water partition coefficient (Wildman–Crippen LogP) is -1.65. The van der Waals surface area contributed by atoms with Gasteiger partial charge in [-0.3, -0.25) is 0 Å². The summed E-state index contributed by atoms with van der Waals surface area (Å²) in [6, 6.07) is 0. The van der Waals surface area contributed by atoms with E-state index in [0.717, 1.165) is 0 Å². The quantitative estimate of drug-likeness (QED) is 0.528. The zero-order chi connectivity index (χ0) is 9.19. The summed E-state index contributed by atoms with van der Waals surface area (Å²) in [5.41, 5.74) is -0.790. The molecule has 1 rings (SSSR count). The molecule has 0 aromatic rings. The molecular formula is C6H9BF3KO2. The summed E-state index contributed by atoms with van der Waals surface area (Å²) in [7, 11) is 0. The van der Waals surface area contributed by atoms with Crippen molar-refractivity contribution >= 4 is 6.98 Å². The molecule has 0 unspecified atom stereocenters. The average molecular weight is 220 g/mol. The van der Waals surface area contributed by atoms with Crippen LogP contribution < -0.4 is 51.4 Å². The van der Waals surface area contributed by atoms with Gasteiger partial charge in [0.15, 0.2) is 0 Å². The van der Waals surface area contributed by atoms with Gasteiger partial charge < -0.3 is 22.4 Å². The van der Waals surface area contributed by atoms with E-state index in [4.69, 9.17) is 9.47 Å². The van der Waals surface area contributed by atoms with E-state index < -0.39 is 19.1 Å². The molecule has 0 amide bonds. The Hall–Kier alpha value is 1.15. The molecule has 70 valence electrons. The van der Waals surface area contributed by atoms with Crippen LogP contribution >= 0.6 is 0 Å². The van der Waals surface area contributed by atoms with Crippen molar-refractivity contribution in [2.24, 2.45) is 0 Å². The molecule has 2 nitrogen and oxygen atoms in total. The van der Waals surface area contributed by atoms with Crippen LogP contribution in [0.5, 0.6) is 0 Å². The topological polar surface area (TPSA) is 18.5 Å². The molecule has 0 saturated carbocycles. The Bertz CT molecular complexity index is 181. The van der Waals surface area contributed by atoms with Gasteiger partial charge in [-0.2, -0.15) is 0 Å². The van der Waals surface area contributed by atoms with Gasteiger partial charge in [-0.25, -0.2) is 0 Å². The average Bonchev–Trinajstić information content (AvgIpc) is 1.81. The van der Waals surface area contributed by atoms with E-state index in [1.165, 1.54) is 0 Å². The van der Waals surface area contributed by atoms with Crippen molar-refractivity contribution in [3.63, 3.8) is 0 Å². The molecule has 0 aromatic carbocycles. The molecule has 0 aromatic heterocycles. The Balaban J connectivity index is 0.00000144. The fraction of sp³-hybridized carbons (Fsp3) is 0.667. The van der Waals surface area contributed by atoms with Crippen LogP contribution in [0, 0.1) is 0 Å². The van der Waals surface area contributed by atoms with Gasteiger partial charge in [-0.15, -0.1) is 12.1 Å². The Morgan fingerprint density at radius 2 is 2.00 bits per heavy atom. The van der Waals surface area contributed by atoms with E-state index in [9.17, 15) is 12.9 Å². The van der Waals surface area contributed by atoms with Crippen LogP contribution in [-0.2, 0) is 9.47 Å². The van der Waals surface area contributed by atoms with Crippen LogP contribution in [0.3, 0.4) is 0 Å². The van der Waals surface area contributed by atoms with Crippen molar-refractivity contribution in [1.29, 1.82) is 0 Å². The van der Waals surface area contributed by atoms with Crippen molar-refractivity contribution in [3.05, 3.63) is 12.1 Å². The SMILES string of the molecule is C=C(COC1COC1)[B-](F)(F)F.[K+]. The Morgan fingerprint density at radius 3 is 2.31 bits per heavy atom. The van der Waals surface area contributed by atoms with Crippen LogP contribution in [0.1, 0.15) is 0 Å². The van der Waals surface area contributed by atoms with Gasteiger partial charge in [0.2, 0.25) is 0 Å². The second-order valence-electron chi connectivity index (χ2n) is 2.70. The summed E-state index contributed by atoms with van der Waals surface area (Å²) in [6.45, 7) is -1.71. The largest absolute Gasteiger partial charge is 1.00 e. The summed E-state index contributed by atoms with van der Waals surface area (Å²) < 4.78 is 45.2. The first kappa shape index (κ1) is 14.2. The van der Waals surface area contributed by atoms with Gasteiger partial charge in [-0.05, 0) is 0 Å². The molecule has 0 spiro atoms. The van der Waals surface area contributed by atoms with Crippen LogP contribution in [0.25, 0.3) is 0 Å². The smallest absolute Gasteiger partial charge is 0.445 e. The first-order valence-electron chi connectivity index (χ1n) is 3.57. The van der Waals surface area contributed by atoms with Crippen LogP contribution in [0.4, 0.5) is 12.9 Å². The minimum Gasteiger partial charge on any atom is -0.445 e. The van der Waals surface area contributed by atoms with Crippen molar-refractivity contribution in [2.45, 2.75) is 6.10 Å². The second kappa shape index (κ2) is 5.89. The third kappa shape index (κ3) is 4.96. The number of ether oxygens (including phenoxy) is 2. The van der Waals surface area contributed by atoms with Crippen LogP contribution in [0.2, 0.25) is 0 Å². The van der Waals surface area contributed by atoms with Crippen LogP contribution in [0.15, 0.2) is 12.1 Å². The molecule has 0 radical (unpaired) electrons. The van der Waals surface area contributed by atoms with Crippen molar-refractivity contribution in [3.8, 4) is 0 Å². The van der Waals surface area contributed by atoms with Gasteiger partial charge >= 0.3 is 58.4 Å². The molecule has 0 bridgehead atoms. The summed E-state index contributed by atoms with van der Waals surface area (Å²) >= 11 is 0. The fourth-order valence-corrected chi connectivity index (χ4v) is 0.630. The Kier molecular flexibility index (Phi) is 6.42. The van der Waals surface area contributed by atoms with E-state index in [2.05, 4.69) is 6.58 Å². The predicted molar refractivity (Wildman–Crippen MR) is 38.8 cm³/mol. The molecule has 0 N–H and O–H groups in total. The van der Waals surface area contributed by atoms with Crippen molar-refractivity contribution in [2.75, 3.05) is 19.8 Å². The molecule has 13 heavy (non-hydrogen) atoms. The van der Waals surface area contributed by atoms with Gasteiger partial charge in [0, 0.05) is 6.61 Å². The Labute approximate surface area is 117 Å². The Morgan fingerprint density at radius 1 is 1.46 bits per heavy atom. The van der Waals surface area contributed by atoms with Gasteiger partial charge in [0.25, 0.3) is 0 Å². The van der Waals surface area contributed by atoms with Crippen molar-refractivity contribution in [1.82, 2.24) is 0 Å². The monoisotopic (exact) mass is 220 g/mol. The molecular weight excluding hydrogens is 211 g/mol. The summed E-state index contributed by atoms with van der Waals surface area (Å²) in [5.74, 6) is 0. The normalized spacial score (nSPS) is 17.5. The first-order chi connectivity index (χ1) is 5.50. The molecule has 1 fully saturated rings. The number of halogens is 3. The second-order valence-corrected chi connectivity index (χ2v) is 2.70. The van der Waals surface area contributed by atoms with E-state index in [-0.39, 0.29) is 57.5 Å². The number of hydrogen-bond acceptors (Lipinski definition) is 2. The molecule has 1 heterocycles. The molecule has 0 atom stereocenters. The maximum atomic E-state index is 11.9. The van der Waals surface area contributed by atoms with Crippen molar-refractivity contribution < 1.29 is 73.8 Å². The van der Waals surface area contributed by atoms with E-state index in [1.54, 1.807) is 0 Å². The minimum atomic E-state index is -4.94. The van der Waals surface area contributed by atoms with E-state index in [0.29, 0.717) is 13.2 Å². The maximum Gasteiger partial charge on any atom is 1.00 e. The third-order valence-electron chi connectivity index (χ3n) is 1.57. The van der Waals surface area contributed by atoms with Crippen LogP contribution in [-0.4, -0.2) is 32.9 Å². The summed E-state index contributed by atoms with van der Waals surface area (Å²) in [6.07, 6.45) is -0.181. The molecule has 0 aliphatic carbocycles. The minimum absolute atomic E-state index is 0. The maximum absolute atomic E-state index is 11.9. The van der Waals surface area contributed by atoms with E-state index >= 15 is 0 Å². The molecule has 1 aliphatic heterocycles. The van der Waals surface area contributed by atoms with Gasteiger partial charge in [0.1, 0.15) is 6.10 Å². The zero-order valence-electron chi connectivity index (χ0n) is 7.43. The third-order valence-corrected chi connectivity index (χ3v) is 1.57. The summed E-state index contributed by atoms with van der Waals surface area (Å²) in [5, 5.41) is 0. The van der Waals surface area contributed by atoms with E-state index in [1.807, 2.05) is 0 Å². The van der Waals surface area contributed by atoms with Gasteiger partial charge in [-0.1, -0.05) is 0 Å². The fourth-order valence-electron chi connectivity index (χ4n) is 0.630. The van der Waals surface area contributed by atoms with Gasteiger partial charge in [0.05, 0.1) is 13.2 Å². The zero-order valence-corrected chi connectivity index (χ0v) is 10.6. The summed E-state index contributed by atoms with van der Waals surface area (Å²) in [4.78, 5) is 0. The number of hydrogen-bond donors (Lipinski definition) is 0. The molecule has 1 aliphatic rings.